The first-order chi connectivity index (χ1) is 10.1. The average molecular weight is 309 g/mol. The van der Waals surface area contributed by atoms with Crippen molar-refractivity contribution in [2.75, 3.05) is 13.1 Å². The second-order valence-electron chi connectivity index (χ2n) is 4.51. The number of pyridine rings is 1. The molecule has 0 spiro atoms. The zero-order valence-electron chi connectivity index (χ0n) is 11.8. The Balaban J connectivity index is 1.92. The molecule has 2 aromatic rings. The Labute approximate surface area is 124 Å². The van der Waals surface area contributed by atoms with Crippen molar-refractivity contribution in [3.05, 3.63) is 42.1 Å². The van der Waals surface area contributed by atoms with Crippen molar-refractivity contribution < 1.29 is 8.42 Å². The second kappa shape index (κ2) is 7.30. The van der Waals surface area contributed by atoms with Gasteiger partial charge in [-0.2, -0.15) is 0 Å². The van der Waals surface area contributed by atoms with Gasteiger partial charge in [0.25, 0.3) is 10.0 Å². The van der Waals surface area contributed by atoms with E-state index in [1.165, 1.54) is 6.07 Å². The van der Waals surface area contributed by atoms with Crippen LogP contribution in [0.4, 0.5) is 0 Å². The van der Waals surface area contributed by atoms with Gasteiger partial charge in [0, 0.05) is 37.6 Å². The van der Waals surface area contributed by atoms with Crippen molar-refractivity contribution in [2.24, 2.45) is 0 Å². The van der Waals surface area contributed by atoms with Crippen LogP contribution in [0.1, 0.15) is 18.2 Å². The van der Waals surface area contributed by atoms with Crippen LogP contribution in [0, 0.1) is 0 Å². The van der Waals surface area contributed by atoms with Gasteiger partial charge in [0.15, 0.2) is 5.03 Å². The number of aromatic nitrogens is 3. The molecule has 0 aliphatic rings. The fourth-order valence-corrected chi connectivity index (χ4v) is 2.72. The van der Waals surface area contributed by atoms with E-state index in [-0.39, 0.29) is 5.03 Å². The minimum Gasteiger partial charge on any atom is -0.348 e. The van der Waals surface area contributed by atoms with Gasteiger partial charge in [-0.15, -0.1) is 0 Å². The zero-order valence-corrected chi connectivity index (χ0v) is 12.7. The lowest BCUT2D eigenvalue weighted by atomic mass is 10.3. The molecular weight excluding hydrogens is 290 g/mol. The van der Waals surface area contributed by atoms with E-state index in [9.17, 15) is 8.42 Å². The Morgan fingerprint density at radius 3 is 2.76 bits per heavy atom. The maximum Gasteiger partial charge on any atom is 0.258 e. The van der Waals surface area contributed by atoms with Crippen LogP contribution in [-0.4, -0.2) is 36.5 Å². The third-order valence-electron chi connectivity index (χ3n) is 2.89. The number of hydrogen-bond acceptors (Lipinski definition) is 5. The molecule has 0 saturated heterocycles. The molecule has 0 aromatic carbocycles. The van der Waals surface area contributed by atoms with Crippen LogP contribution in [0.25, 0.3) is 0 Å². The highest BCUT2D eigenvalue weighted by Gasteiger charge is 2.14. The van der Waals surface area contributed by atoms with E-state index in [0.717, 1.165) is 17.8 Å². The predicted molar refractivity (Wildman–Crippen MR) is 79.1 cm³/mol. The summed E-state index contributed by atoms with van der Waals surface area (Å²) in [7, 11) is -3.57. The van der Waals surface area contributed by atoms with Crippen LogP contribution in [0.5, 0.6) is 0 Å². The number of nitrogens with zero attached hydrogens (tertiary/aromatic N) is 2. The minimum absolute atomic E-state index is 0.0346. The number of rotatable bonds is 8. The van der Waals surface area contributed by atoms with E-state index in [1.807, 2.05) is 6.92 Å². The molecule has 0 bridgehead atoms. The summed E-state index contributed by atoms with van der Waals surface area (Å²) in [5.41, 5.74) is 1.83. The third kappa shape index (κ3) is 4.62. The van der Waals surface area contributed by atoms with Crippen molar-refractivity contribution >= 4 is 10.0 Å². The molecule has 0 atom stereocenters. The first-order valence-electron chi connectivity index (χ1n) is 6.74. The standard InChI is InChI=1S/C13H19N5O2S/c1-2-14-7-11-3-4-13(16-8-11)21(19,20)18-6-5-12-9-15-10-17-12/h3-4,8-10,14,18H,2,5-7H2,1H3,(H,15,17). The Bertz CT molecular complexity index is 638. The molecular formula is C13H19N5O2S. The molecule has 2 rings (SSSR count). The fraction of sp³-hybridized carbons (Fsp3) is 0.385. The fourth-order valence-electron chi connectivity index (χ4n) is 1.76. The van der Waals surface area contributed by atoms with Crippen molar-refractivity contribution in [1.29, 1.82) is 0 Å². The second-order valence-corrected chi connectivity index (χ2v) is 6.22. The highest BCUT2D eigenvalue weighted by atomic mass is 32.2. The molecule has 2 aromatic heterocycles. The van der Waals surface area contributed by atoms with Gasteiger partial charge in [0.2, 0.25) is 0 Å². The van der Waals surface area contributed by atoms with Crippen LogP contribution in [-0.2, 0) is 23.0 Å². The smallest absolute Gasteiger partial charge is 0.258 e. The molecule has 21 heavy (non-hydrogen) atoms. The summed E-state index contributed by atoms with van der Waals surface area (Å²) >= 11 is 0. The number of H-pyrrole nitrogens is 1. The lowest BCUT2D eigenvalue weighted by Gasteiger charge is -2.06. The van der Waals surface area contributed by atoms with Crippen LogP contribution in [0.3, 0.4) is 0 Å². The third-order valence-corrected chi connectivity index (χ3v) is 4.27. The normalized spacial score (nSPS) is 11.7. The van der Waals surface area contributed by atoms with E-state index in [1.54, 1.807) is 24.8 Å². The Kier molecular flexibility index (Phi) is 5.43. The summed E-state index contributed by atoms with van der Waals surface area (Å²) in [6.07, 6.45) is 5.36. The topological polar surface area (TPSA) is 99.8 Å². The highest BCUT2D eigenvalue weighted by Crippen LogP contribution is 2.06. The molecule has 0 amide bonds. The number of hydrogen-bond donors (Lipinski definition) is 3. The first kappa shape index (κ1) is 15.6. The molecule has 0 saturated carbocycles. The van der Waals surface area contributed by atoms with E-state index >= 15 is 0 Å². The summed E-state index contributed by atoms with van der Waals surface area (Å²) in [6.45, 7) is 3.84. The molecule has 0 fully saturated rings. The van der Waals surface area contributed by atoms with Gasteiger partial charge in [-0.25, -0.2) is 23.1 Å². The summed E-state index contributed by atoms with van der Waals surface area (Å²) in [4.78, 5) is 10.8. The van der Waals surface area contributed by atoms with Gasteiger partial charge >= 0.3 is 0 Å². The molecule has 7 nitrogen and oxygen atoms in total. The van der Waals surface area contributed by atoms with Crippen molar-refractivity contribution in [3.63, 3.8) is 0 Å². The molecule has 8 heteroatoms. The summed E-state index contributed by atoms with van der Waals surface area (Å²) in [6, 6.07) is 3.28. The molecule has 3 N–H and O–H groups in total. The van der Waals surface area contributed by atoms with Crippen molar-refractivity contribution in [2.45, 2.75) is 24.9 Å². The Morgan fingerprint density at radius 2 is 2.14 bits per heavy atom. The molecule has 0 radical (unpaired) electrons. The van der Waals surface area contributed by atoms with Crippen LogP contribution >= 0.6 is 0 Å². The lowest BCUT2D eigenvalue weighted by Crippen LogP contribution is -2.27. The van der Waals surface area contributed by atoms with Gasteiger partial charge in [0.1, 0.15) is 0 Å². The number of sulfonamides is 1. The monoisotopic (exact) mass is 309 g/mol. The molecule has 114 valence electrons. The zero-order chi connectivity index (χ0) is 15.1. The Hall–Kier alpha value is -1.77. The summed E-state index contributed by atoms with van der Waals surface area (Å²) in [5.74, 6) is 0. The lowest BCUT2D eigenvalue weighted by molar-refractivity contribution is 0.577. The van der Waals surface area contributed by atoms with Crippen LogP contribution in [0.15, 0.2) is 35.9 Å². The maximum absolute atomic E-state index is 12.1. The largest absolute Gasteiger partial charge is 0.348 e. The van der Waals surface area contributed by atoms with Gasteiger partial charge < -0.3 is 10.3 Å². The van der Waals surface area contributed by atoms with E-state index in [4.69, 9.17) is 0 Å². The SMILES string of the molecule is CCNCc1ccc(S(=O)(=O)NCCc2cnc[nH]2)nc1. The highest BCUT2D eigenvalue weighted by molar-refractivity contribution is 7.89. The molecule has 0 aliphatic heterocycles. The average Bonchev–Trinajstić information content (AvgIpc) is 2.98. The van der Waals surface area contributed by atoms with Gasteiger partial charge in [0.05, 0.1) is 6.33 Å². The number of imidazole rings is 1. The number of nitrogens with one attached hydrogen (secondary N) is 3. The minimum atomic E-state index is -3.57. The number of aromatic amines is 1. The molecule has 0 aliphatic carbocycles. The quantitative estimate of drug-likeness (QED) is 0.657. The van der Waals surface area contributed by atoms with E-state index in [2.05, 4.69) is 25.0 Å². The summed E-state index contributed by atoms with van der Waals surface area (Å²) < 4.78 is 26.7. The van der Waals surface area contributed by atoms with Gasteiger partial charge in [-0.1, -0.05) is 13.0 Å². The van der Waals surface area contributed by atoms with Crippen molar-refractivity contribution in [1.82, 2.24) is 25.0 Å². The molecule has 0 unspecified atom stereocenters. The van der Waals surface area contributed by atoms with Gasteiger partial charge in [-0.05, 0) is 18.2 Å². The predicted octanol–water partition coefficient (Wildman–Crippen LogP) is 0.435. The maximum atomic E-state index is 12.1. The molecule has 2 heterocycles. The Morgan fingerprint density at radius 1 is 1.29 bits per heavy atom. The van der Waals surface area contributed by atoms with E-state index < -0.39 is 10.0 Å². The van der Waals surface area contributed by atoms with Crippen LogP contribution < -0.4 is 10.0 Å². The van der Waals surface area contributed by atoms with Crippen LogP contribution in [0.2, 0.25) is 0 Å². The first-order valence-corrected chi connectivity index (χ1v) is 8.22. The van der Waals surface area contributed by atoms with Crippen molar-refractivity contribution in [3.8, 4) is 0 Å². The van der Waals surface area contributed by atoms with Gasteiger partial charge in [-0.3, -0.25) is 0 Å². The van der Waals surface area contributed by atoms with E-state index in [0.29, 0.717) is 19.5 Å². The summed E-state index contributed by atoms with van der Waals surface area (Å²) in [5, 5.41) is 3.19.